The fourth-order valence-electron chi connectivity index (χ4n) is 2.38. The first kappa shape index (κ1) is 15.6. The summed E-state index contributed by atoms with van der Waals surface area (Å²) in [6, 6.07) is 3.74. The lowest BCUT2D eigenvalue weighted by Gasteiger charge is -2.21. The molecule has 1 aromatic carbocycles. The van der Waals surface area contributed by atoms with Gasteiger partial charge in [0.15, 0.2) is 0 Å². The molecular weight excluding hydrogens is 300 g/mol. The highest BCUT2D eigenvalue weighted by Crippen LogP contribution is 2.24. The molecule has 1 fully saturated rings. The quantitative estimate of drug-likeness (QED) is 0.586. The second-order valence-electron chi connectivity index (χ2n) is 5.12. The van der Waals surface area contributed by atoms with Gasteiger partial charge in [0, 0.05) is 6.04 Å². The van der Waals surface area contributed by atoms with Crippen molar-refractivity contribution in [1.82, 2.24) is 4.72 Å². The first-order valence-corrected chi connectivity index (χ1v) is 8.52. The van der Waals surface area contributed by atoms with E-state index in [0.29, 0.717) is 17.9 Å². The van der Waals surface area contributed by atoms with Crippen molar-refractivity contribution in [1.29, 1.82) is 0 Å². The van der Waals surface area contributed by atoms with Crippen LogP contribution in [0.2, 0.25) is 5.02 Å². The fourth-order valence-corrected chi connectivity index (χ4v) is 3.84. The Morgan fingerprint density at radius 3 is 2.65 bits per heavy atom. The third-order valence-electron chi connectivity index (χ3n) is 3.56. The Morgan fingerprint density at radius 1 is 1.25 bits per heavy atom. The van der Waals surface area contributed by atoms with Gasteiger partial charge in [0.1, 0.15) is 0 Å². The van der Waals surface area contributed by atoms with E-state index in [-0.39, 0.29) is 10.6 Å². The Kier molecular flexibility index (Phi) is 4.90. The van der Waals surface area contributed by atoms with Crippen LogP contribution >= 0.6 is 11.6 Å². The second kappa shape index (κ2) is 6.30. The van der Waals surface area contributed by atoms with Crippen LogP contribution in [0.4, 0.5) is 5.69 Å². The Balaban J connectivity index is 2.19. The van der Waals surface area contributed by atoms with Crippen molar-refractivity contribution in [2.24, 2.45) is 0 Å². The smallest absolute Gasteiger partial charge is 0.240 e. The number of nitrogens with one attached hydrogen (secondary N) is 1. The van der Waals surface area contributed by atoms with Gasteiger partial charge in [-0.2, -0.15) is 0 Å². The maximum absolute atomic E-state index is 12.3. The third kappa shape index (κ3) is 3.63. The zero-order valence-corrected chi connectivity index (χ0v) is 12.6. The minimum atomic E-state index is -3.70. The summed E-state index contributed by atoms with van der Waals surface area (Å²) in [5.41, 5.74) is 5.85. The molecule has 0 bridgehead atoms. The molecule has 2 unspecified atom stereocenters. The molecule has 0 aromatic heterocycles. The van der Waals surface area contributed by atoms with E-state index in [0.717, 1.165) is 19.3 Å². The molecule has 0 saturated heterocycles. The predicted molar refractivity (Wildman–Crippen MR) is 79.1 cm³/mol. The zero-order valence-electron chi connectivity index (χ0n) is 11.0. The van der Waals surface area contributed by atoms with Crippen molar-refractivity contribution in [2.75, 3.05) is 5.73 Å². The van der Waals surface area contributed by atoms with Gasteiger partial charge in [-0.1, -0.05) is 30.9 Å². The molecule has 112 valence electrons. The van der Waals surface area contributed by atoms with Crippen molar-refractivity contribution in [3.63, 3.8) is 0 Å². The summed E-state index contributed by atoms with van der Waals surface area (Å²) in [7, 11) is -3.70. The lowest BCUT2D eigenvalue weighted by Crippen LogP contribution is -2.42. The van der Waals surface area contributed by atoms with E-state index in [9.17, 15) is 13.5 Å². The van der Waals surface area contributed by atoms with Crippen LogP contribution in [0.15, 0.2) is 23.1 Å². The van der Waals surface area contributed by atoms with Crippen LogP contribution in [0.1, 0.15) is 32.1 Å². The summed E-state index contributed by atoms with van der Waals surface area (Å²) in [5, 5.41) is 10.3. The molecule has 4 N–H and O–H groups in total. The lowest BCUT2D eigenvalue weighted by molar-refractivity contribution is 0.130. The van der Waals surface area contributed by atoms with Crippen LogP contribution in [-0.2, 0) is 10.0 Å². The number of sulfonamides is 1. The number of nitrogen functional groups attached to an aromatic ring is 1. The average Bonchev–Trinajstić information content (AvgIpc) is 2.58. The summed E-state index contributed by atoms with van der Waals surface area (Å²) in [5.74, 6) is 0. The van der Waals surface area contributed by atoms with Gasteiger partial charge >= 0.3 is 0 Å². The molecule has 0 aliphatic heterocycles. The van der Waals surface area contributed by atoms with Crippen molar-refractivity contribution >= 4 is 27.3 Å². The van der Waals surface area contributed by atoms with Crippen LogP contribution < -0.4 is 10.5 Å². The Labute approximate surface area is 124 Å². The van der Waals surface area contributed by atoms with Crippen LogP contribution in [0.3, 0.4) is 0 Å². The highest BCUT2D eigenvalue weighted by Gasteiger charge is 2.27. The van der Waals surface area contributed by atoms with Crippen LogP contribution in [0.5, 0.6) is 0 Å². The Morgan fingerprint density at radius 2 is 1.95 bits per heavy atom. The molecule has 5 nitrogen and oxygen atoms in total. The van der Waals surface area contributed by atoms with E-state index in [1.165, 1.54) is 18.2 Å². The van der Waals surface area contributed by atoms with E-state index in [2.05, 4.69) is 4.72 Å². The Bertz CT molecular complexity index is 577. The van der Waals surface area contributed by atoms with Crippen molar-refractivity contribution < 1.29 is 13.5 Å². The summed E-state index contributed by atoms with van der Waals surface area (Å²) in [6.07, 6.45) is 3.47. The maximum atomic E-state index is 12.3. The molecule has 1 aromatic rings. The maximum Gasteiger partial charge on any atom is 0.240 e. The summed E-state index contributed by atoms with van der Waals surface area (Å²) in [4.78, 5) is 0.0656. The molecular formula is C13H19ClN2O3S. The number of aliphatic hydroxyl groups excluding tert-OH is 1. The number of rotatable bonds is 3. The number of hydrogen-bond acceptors (Lipinski definition) is 4. The minimum Gasteiger partial charge on any atom is -0.397 e. The normalized spacial score (nSPS) is 24.3. The predicted octanol–water partition coefficient (Wildman–Crippen LogP) is 1.89. The standard InChI is InChI=1S/C13H19ClN2O3S/c14-10-7-6-9(8-11(10)15)20(18,19)16-12-4-2-1-3-5-13(12)17/h6-8,12-13,16-17H,1-5,15H2. The molecule has 1 saturated carbocycles. The van der Waals surface area contributed by atoms with Crippen LogP contribution in [-0.4, -0.2) is 25.7 Å². The molecule has 2 atom stereocenters. The van der Waals surface area contributed by atoms with E-state index in [4.69, 9.17) is 17.3 Å². The van der Waals surface area contributed by atoms with Crippen molar-refractivity contribution in [3.05, 3.63) is 23.2 Å². The second-order valence-corrected chi connectivity index (χ2v) is 7.24. The third-order valence-corrected chi connectivity index (χ3v) is 5.40. The van der Waals surface area contributed by atoms with Gasteiger partial charge in [-0.05, 0) is 31.0 Å². The Hall–Kier alpha value is -0.820. The van der Waals surface area contributed by atoms with Gasteiger partial charge < -0.3 is 10.8 Å². The van der Waals surface area contributed by atoms with Gasteiger partial charge in [-0.25, -0.2) is 13.1 Å². The molecule has 1 aliphatic carbocycles. The molecule has 7 heteroatoms. The van der Waals surface area contributed by atoms with Crippen LogP contribution in [0, 0.1) is 0 Å². The van der Waals surface area contributed by atoms with Gasteiger partial charge in [-0.3, -0.25) is 0 Å². The zero-order chi connectivity index (χ0) is 14.8. The number of benzene rings is 1. The van der Waals surface area contributed by atoms with E-state index in [1.807, 2.05) is 0 Å². The van der Waals surface area contributed by atoms with Crippen LogP contribution in [0.25, 0.3) is 0 Å². The van der Waals surface area contributed by atoms with Gasteiger partial charge in [0.2, 0.25) is 10.0 Å². The summed E-state index contributed by atoms with van der Waals surface area (Å²) in [6.45, 7) is 0. The first-order chi connectivity index (χ1) is 9.40. The van der Waals surface area contributed by atoms with Crippen molar-refractivity contribution in [3.8, 4) is 0 Å². The van der Waals surface area contributed by atoms with Gasteiger partial charge in [0.05, 0.1) is 21.7 Å². The molecule has 0 radical (unpaired) electrons. The largest absolute Gasteiger partial charge is 0.397 e. The highest BCUT2D eigenvalue weighted by atomic mass is 35.5. The van der Waals surface area contributed by atoms with Gasteiger partial charge in [0.25, 0.3) is 0 Å². The monoisotopic (exact) mass is 318 g/mol. The molecule has 0 amide bonds. The van der Waals surface area contributed by atoms with E-state index in [1.54, 1.807) is 0 Å². The number of hydrogen-bond donors (Lipinski definition) is 3. The number of anilines is 1. The van der Waals surface area contributed by atoms with E-state index < -0.39 is 22.2 Å². The number of nitrogens with two attached hydrogens (primary N) is 1. The minimum absolute atomic E-state index is 0.0656. The van der Waals surface area contributed by atoms with Crippen molar-refractivity contribution in [2.45, 2.75) is 49.1 Å². The average molecular weight is 319 g/mol. The fraction of sp³-hybridized carbons (Fsp3) is 0.538. The van der Waals surface area contributed by atoms with E-state index >= 15 is 0 Å². The topological polar surface area (TPSA) is 92.4 Å². The lowest BCUT2D eigenvalue weighted by atomic mass is 10.1. The molecule has 2 rings (SSSR count). The summed E-state index contributed by atoms with van der Waals surface area (Å²) < 4.78 is 27.2. The number of halogens is 1. The number of aliphatic hydroxyl groups is 1. The molecule has 0 spiro atoms. The molecule has 20 heavy (non-hydrogen) atoms. The SMILES string of the molecule is Nc1cc(S(=O)(=O)NC2CCCCCC2O)ccc1Cl. The molecule has 1 aliphatic rings. The van der Waals surface area contributed by atoms with Gasteiger partial charge in [-0.15, -0.1) is 0 Å². The highest BCUT2D eigenvalue weighted by molar-refractivity contribution is 7.89. The summed E-state index contributed by atoms with van der Waals surface area (Å²) >= 11 is 5.79. The first-order valence-electron chi connectivity index (χ1n) is 6.65. The molecule has 0 heterocycles.